The van der Waals surface area contributed by atoms with Gasteiger partial charge in [-0.15, -0.1) is 11.8 Å². The highest BCUT2D eigenvalue weighted by atomic mass is 35.5. The van der Waals surface area contributed by atoms with Crippen LogP contribution in [0.3, 0.4) is 0 Å². The minimum Gasteiger partial charge on any atom is -0.497 e. The third-order valence-electron chi connectivity index (χ3n) is 5.76. The van der Waals surface area contributed by atoms with Crippen molar-refractivity contribution in [1.82, 2.24) is 10.2 Å². The van der Waals surface area contributed by atoms with Gasteiger partial charge in [0.15, 0.2) is 0 Å². The molecule has 0 aromatic heterocycles. The first-order chi connectivity index (χ1) is 15.5. The summed E-state index contributed by atoms with van der Waals surface area (Å²) in [6, 6.07) is 14.9. The Balaban J connectivity index is 1.66. The van der Waals surface area contributed by atoms with Crippen LogP contribution in [0.1, 0.15) is 43.7 Å². The molecule has 0 radical (unpaired) electrons. The lowest BCUT2D eigenvalue weighted by atomic mass is 10.1. The van der Waals surface area contributed by atoms with Gasteiger partial charge in [0.1, 0.15) is 11.8 Å². The fourth-order valence-electron chi connectivity index (χ4n) is 3.86. The highest BCUT2D eigenvalue weighted by Crippen LogP contribution is 2.21. The molecule has 0 heterocycles. The number of hydrogen-bond donors (Lipinski definition) is 1. The maximum atomic E-state index is 13.2. The van der Waals surface area contributed by atoms with Crippen LogP contribution in [0.15, 0.2) is 48.5 Å². The summed E-state index contributed by atoms with van der Waals surface area (Å²) in [5.41, 5.74) is 2.04. The van der Waals surface area contributed by atoms with E-state index in [9.17, 15) is 9.59 Å². The number of nitrogens with one attached hydrogen (secondary N) is 1. The molecule has 2 aromatic carbocycles. The predicted molar refractivity (Wildman–Crippen MR) is 131 cm³/mol. The van der Waals surface area contributed by atoms with Gasteiger partial charge in [-0.1, -0.05) is 48.7 Å². The number of methoxy groups -OCH3 is 1. The quantitative estimate of drug-likeness (QED) is 0.523. The first-order valence-corrected chi connectivity index (χ1v) is 12.5. The van der Waals surface area contributed by atoms with E-state index >= 15 is 0 Å². The zero-order valence-electron chi connectivity index (χ0n) is 18.7. The molecule has 0 aliphatic heterocycles. The van der Waals surface area contributed by atoms with E-state index < -0.39 is 6.04 Å². The third-order valence-corrected chi connectivity index (χ3v) is 7.00. The SMILES string of the molecule is COc1cccc(CN(C(=O)CSCc2ccc(Cl)cc2)[C@@H](C)C(=O)NC2CCCC2)c1. The molecule has 3 rings (SSSR count). The number of ether oxygens (including phenoxy) is 1. The second-order valence-corrected chi connectivity index (χ2v) is 9.58. The highest BCUT2D eigenvalue weighted by Gasteiger charge is 2.28. The molecule has 172 valence electrons. The van der Waals surface area contributed by atoms with Crippen LogP contribution < -0.4 is 10.1 Å². The fraction of sp³-hybridized carbons (Fsp3) is 0.440. The van der Waals surface area contributed by atoms with E-state index in [2.05, 4.69) is 5.32 Å². The number of carbonyl (C=O) groups excluding carboxylic acids is 2. The summed E-state index contributed by atoms with van der Waals surface area (Å²) in [7, 11) is 1.62. The molecule has 1 fully saturated rings. The Kier molecular flexibility index (Phi) is 9.30. The summed E-state index contributed by atoms with van der Waals surface area (Å²) in [5, 5.41) is 3.83. The van der Waals surface area contributed by atoms with Gasteiger partial charge in [0, 0.05) is 23.4 Å². The van der Waals surface area contributed by atoms with Crippen LogP contribution in [0.4, 0.5) is 0 Å². The number of benzene rings is 2. The molecular weight excluding hydrogens is 444 g/mol. The number of amides is 2. The molecule has 2 aromatic rings. The van der Waals surface area contributed by atoms with E-state index in [-0.39, 0.29) is 17.9 Å². The Morgan fingerprint density at radius 3 is 2.56 bits per heavy atom. The van der Waals surface area contributed by atoms with Crippen LogP contribution in [0, 0.1) is 0 Å². The van der Waals surface area contributed by atoms with Crippen LogP contribution in [0.25, 0.3) is 0 Å². The van der Waals surface area contributed by atoms with E-state index in [1.165, 1.54) is 11.8 Å². The Labute approximate surface area is 199 Å². The van der Waals surface area contributed by atoms with Crippen LogP contribution in [0.5, 0.6) is 5.75 Å². The first kappa shape index (κ1) is 24.5. The van der Waals surface area contributed by atoms with Crippen molar-refractivity contribution < 1.29 is 14.3 Å². The van der Waals surface area contributed by atoms with E-state index in [1.54, 1.807) is 12.0 Å². The molecule has 1 aliphatic carbocycles. The first-order valence-electron chi connectivity index (χ1n) is 11.0. The van der Waals surface area contributed by atoms with Crippen LogP contribution in [-0.4, -0.2) is 41.7 Å². The zero-order valence-corrected chi connectivity index (χ0v) is 20.3. The number of nitrogens with zero attached hydrogens (tertiary/aromatic N) is 1. The number of hydrogen-bond acceptors (Lipinski definition) is 4. The van der Waals surface area contributed by atoms with Gasteiger partial charge in [0.2, 0.25) is 11.8 Å². The molecule has 0 bridgehead atoms. The average Bonchev–Trinajstić information content (AvgIpc) is 3.31. The second-order valence-electron chi connectivity index (χ2n) is 8.16. The predicted octanol–water partition coefficient (Wildman–Crippen LogP) is 5.06. The Morgan fingerprint density at radius 2 is 1.88 bits per heavy atom. The van der Waals surface area contributed by atoms with E-state index in [4.69, 9.17) is 16.3 Å². The molecule has 1 saturated carbocycles. The van der Waals surface area contributed by atoms with Crippen molar-refractivity contribution in [2.24, 2.45) is 0 Å². The molecule has 0 unspecified atom stereocenters. The molecule has 7 heteroatoms. The van der Waals surface area contributed by atoms with E-state index in [1.807, 2.05) is 55.5 Å². The van der Waals surface area contributed by atoms with Crippen molar-refractivity contribution in [2.45, 2.75) is 57.0 Å². The lowest BCUT2D eigenvalue weighted by molar-refractivity contribution is -0.138. The Bertz CT molecular complexity index is 900. The minimum atomic E-state index is -0.551. The number of rotatable bonds is 10. The van der Waals surface area contributed by atoms with Gasteiger partial charge in [-0.05, 0) is 55.2 Å². The van der Waals surface area contributed by atoms with Crippen molar-refractivity contribution in [3.8, 4) is 5.75 Å². The number of carbonyl (C=O) groups is 2. The maximum Gasteiger partial charge on any atom is 0.242 e. The van der Waals surface area contributed by atoms with Gasteiger partial charge in [-0.25, -0.2) is 0 Å². The second kappa shape index (κ2) is 12.2. The van der Waals surface area contributed by atoms with Gasteiger partial charge < -0.3 is 15.0 Å². The van der Waals surface area contributed by atoms with Crippen molar-refractivity contribution in [1.29, 1.82) is 0 Å². The lowest BCUT2D eigenvalue weighted by Gasteiger charge is -2.29. The number of halogens is 1. The van der Waals surface area contributed by atoms with Crippen LogP contribution in [-0.2, 0) is 21.9 Å². The smallest absolute Gasteiger partial charge is 0.242 e. The molecular formula is C25H31ClN2O3S. The normalized spacial score (nSPS) is 14.7. The molecule has 5 nitrogen and oxygen atoms in total. The van der Waals surface area contributed by atoms with Gasteiger partial charge in [0.05, 0.1) is 12.9 Å². The summed E-state index contributed by atoms with van der Waals surface area (Å²) in [6.45, 7) is 2.17. The highest BCUT2D eigenvalue weighted by molar-refractivity contribution is 7.99. The fourth-order valence-corrected chi connectivity index (χ4v) is 4.86. The van der Waals surface area contributed by atoms with Crippen molar-refractivity contribution in [2.75, 3.05) is 12.9 Å². The van der Waals surface area contributed by atoms with Gasteiger partial charge in [-0.2, -0.15) is 0 Å². The van der Waals surface area contributed by atoms with Gasteiger partial charge in [0.25, 0.3) is 0 Å². The Morgan fingerprint density at radius 1 is 1.16 bits per heavy atom. The average molecular weight is 475 g/mol. The summed E-state index contributed by atoms with van der Waals surface area (Å²) in [4.78, 5) is 27.8. The van der Waals surface area contributed by atoms with Crippen molar-refractivity contribution in [3.05, 3.63) is 64.7 Å². The van der Waals surface area contributed by atoms with E-state index in [0.717, 1.165) is 42.6 Å². The van der Waals surface area contributed by atoms with Gasteiger partial charge in [-0.3, -0.25) is 9.59 Å². The van der Waals surface area contributed by atoms with Gasteiger partial charge >= 0.3 is 0 Å². The molecule has 1 atom stereocenters. The summed E-state index contributed by atoms with van der Waals surface area (Å²) in [6.07, 6.45) is 4.32. The maximum absolute atomic E-state index is 13.2. The molecule has 1 N–H and O–H groups in total. The largest absolute Gasteiger partial charge is 0.497 e. The van der Waals surface area contributed by atoms with E-state index in [0.29, 0.717) is 23.1 Å². The molecule has 0 spiro atoms. The summed E-state index contributed by atoms with van der Waals surface area (Å²) in [5.74, 6) is 1.60. The molecule has 1 aliphatic rings. The van der Waals surface area contributed by atoms with Crippen molar-refractivity contribution in [3.63, 3.8) is 0 Å². The Hall–Kier alpha value is -2.18. The molecule has 0 saturated heterocycles. The zero-order chi connectivity index (χ0) is 22.9. The standard InChI is InChI=1S/C25H31ClN2O3S/c1-18(25(30)27-22-7-3-4-8-22)28(15-20-6-5-9-23(14-20)31-2)24(29)17-32-16-19-10-12-21(26)13-11-19/h5-6,9-14,18,22H,3-4,7-8,15-17H2,1-2H3,(H,27,30)/t18-/m0/s1. The summed E-state index contributed by atoms with van der Waals surface area (Å²) < 4.78 is 5.32. The molecule has 32 heavy (non-hydrogen) atoms. The van der Waals surface area contributed by atoms with Crippen LogP contribution >= 0.6 is 23.4 Å². The minimum absolute atomic E-state index is 0.0548. The van der Waals surface area contributed by atoms with Crippen LogP contribution in [0.2, 0.25) is 5.02 Å². The third kappa shape index (κ3) is 7.17. The topological polar surface area (TPSA) is 58.6 Å². The number of thioether (sulfide) groups is 1. The lowest BCUT2D eigenvalue weighted by Crippen LogP contribution is -2.50. The summed E-state index contributed by atoms with van der Waals surface area (Å²) >= 11 is 7.49. The monoisotopic (exact) mass is 474 g/mol. The molecule has 2 amide bonds. The van der Waals surface area contributed by atoms with Crippen molar-refractivity contribution >= 4 is 35.2 Å².